The smallest absolute Gasteiger partial charge is 0.330 e. The van der Waals surface area contributed by atoms with Crippen molar-refractivity contribution >= 4 is 32.8 Å². The fourth-order valence-corrected chi connectivity index (χ4v) is 6.07. The number of ether oxygens (including phenoxy) is 1. The number of carbonyl (C=O) groups is 2. The summed E-state index contributed by atoms with van der Waals surface area (Å²) in [4.78, 5) is 29.9. The maximum absolute atomic E-state index is 13.7. The summed E-state index contributed by atoms with van der Waals surface area (Å²) in [6.07, 6.45) is 8.16. The molecule has 0 spiro atoms. The quantitative estimate of drug-likeness (QED) is 0.327. The Hall–Kier alpha value is -3.88. The molecule has 4 rings (SSSR count). The first-order valence-electron chi connectivity index (χ1n) is 12.0. The zero-order valence-corrected chi connectivity index (χ0v) is 21.3. The number of carbonyl (C=O) groups excluding carboxylic acids is 2. The van der Waals surface area contributed by atoms with Gasteiger partial charge in [0.15, 0.2) is 0 Å². The van der Waals surface area contributed by atoms with Gasteiger partial charge in [-0.2, -0.15) is 9.98 Å². The number of nitrogens with zero attached hydrogens (tertiary/aromatic N) is 3. The van der Waals surface area contributed by atoms with Gasteiger partial charge in [-0.25, -0.2) is 13.2 Å². The van der Waals surface area contributed by atoms with Crippen LogP contribution in [0.2, 0.25) is 0 Å². The Morgan fingerprint density at radius 1 is 1.30 bits per heavy atom. The minimum absolute atomic E-state index is 0.0442. The van der Waals surface area contributed by atoms with E-state index in [1.165, 1.54) is 19.3 Å². The monoisotopic (exact) mass is 523 g/mol. The van der Waals surface area contributed by atoms with Crippen molar-refractivity contribution in [2.45, 2.75) is 36.7 Å². The summed E-state index contributed by atoms with van der Waals surface area (Å²) in [5.74, 6) is -0.850. The first kappa shape index (κ1) is 26.2. The number of esters is 1. The van der Waals surface area contributed by atoms with E-state index in [1.54, 1.807) is 58.3 Å². The van der Waals surface area contributed by atoms with Gasteiger partial charge < -0.3 is 19.2 Å². The van der Waals surface area contributed by atoms with Gasteiger partial charge >= 0.3 is 5.97 Å². The fourth-order valence-electron chi connectivity index (χ4n) is 4.62. The number of methoxy groups -OCH3 is 1. The highest BCUT2D eigenvalue weighted by molar-refractivity contribution is 7.89. The van der Waals surface area contributed by atoms with E-state index in [4.69, 9.17) is 0 Å². The number of sulfonamides is 1. The van der Waals surface area contributed by atoms with Crippen molar-refractivity contribution < 1.29 is 22.7 Å². The van der Waals surface area contributed by atoms with Crippen LogP contribution in [0.1, 0.15) is 25.0 Å². The van der Waals surface area contributed by atoms with Crippen LogP contribution in [0.4, 0.5) is 0 Å². The number of fused-ring (bicyclic) bond motifs is 1. The number of aromatic amines is 1. The molecule has 1 aliphatic rings. The molecule has 194 valence electrons. The average Bonchev–Trinajstić information content (AvgIpc) is 3.58. The molecule has 3 heterocycles. The molecule has 1 amide bonds. The lowest BCUT2D eigenvalue weighted by Gasteiger charge is -2.34. The normalized spacial score (nSPS) is 17.1. The summed E-state index contributed by atoms with van der Waals surface area (Å²) in [7, 11) is -2.75. The highest BCUT2D eigenvalue weighted by Gasteiger charge is 2.32. The third kappa shape index (κ3) is 6.10. The van der Waals surface area contributed by atoms with Crippen LogP contribution in [-0.4, -0.2) is 61.0 Å². The number of hydrogen-bond acceptors (Lipinski definition) is 6. The molecular weight excluding hydrogens is 494 g/mol. The van der Waals surface area contributed by atoms with Gasteiger partial charge in [-0.1, -0.05) is 12.1 Å². The second-order valence-electron chi connectivity index (χ2n) is 8.93. The molecule has 0 radical (unpaired) electrons. The molecule has 0 bridgehead atoms. The topological polar surface area (TPSA) is 137 Å². The molecule has 0 saturated carbocycles. The van der Waals surface area contributed by atoms with Crippen molar-refractivity contribution in [2.24, 2.45) is 5.92 Å². The van der Waals surface area contributed by atoms with Crippen LogP contribution in [-0.2, 0) is 30.9 Å². The number of rotatable bonds is 9. The number of aromatic nitrogens is 2. The van der Waals surface area contributed by atoms with E-state index < -0.39 is 22.0 Å². The van der Waals surface area contributed by atoms with Crippen molar-refractivity contribution in [3.8, 4) is 6.07 Å². The number of aryl methyl sites for hydroxylation is 1. The van der Waals surface area contributed by atoms with E-state index in [0.717, 1.165) is 12.8 Å². The van der Waals surface area contributed by atoms with Crippen molar-refractivity contribution in [1.29, 1.82) is 5.26 Å². The maximum atomic E-state index is 13.7. The molecule has 37 heavy (non-hydrogen) atoms. The Morgan fingerprint density at radius 3 is 2.92 bits per heavy atom. The molecule has 3 aromatic rings. The minimum Gasteiger partial charge on any atom is -0.466 e. The van der Waals surface area contributed by atoms with Gasteiger partial charge in [-0.3, -0.25) is 4.79 Å². The summed E-state index contributed by atoms with van der Waals surface area (Å²) < 4.78 is 36.0. The zero-order chi connectivity index (χ0) is 26.4. The van der Waals surface area contributed by atoms with Gasteiger partial charge in [0.1, 0.15) is 17.8 Å². The van der Waals surface area contributed by atoms with Crippen molar-refractivity contribution in [1.82, 2.24) is 19.2 Å². The minimum atomic E-state index is -4.05. The summed E-state index contributed by atoms with van der Waals surface area (Å²) in [6, 6.07) is 11.1. The first-order valence-corrected chi connectivity index (χ1v) is 13.5. The second kappa shape index (κ2) is 11.5. The molecule has 1 aliphatic heterocycles. The van der Waals surface area contributed by atoms with Crippen LogP contribution >= 0.6 is 0 Å². The van der Waals surface area contributed by atoms with Crippen LogP contribution in [0, 0.1) is 17.2 Å². The number of hydrogen-bond donors (Lipinski definition) is 2. The summed E-state index contributed by atoms with van der Waals surface area (Å²) in [5.41, 5.74) is 1.10. The molecule has 11 heteroatoms. The van der Waals surface area contributed by atoms with Crippen molar-refractivity contribution in [3.05, 3.63) is 66.6 Å². The lowest BCUT2D eigenvalue weighted by Crippen LogP contribution is -2.51. The van der Waals surface area contributed by atoms with E-state index in [1.807, 2.05) is 0 Å². The van der Waals surface area contributed by atoms with E-state index in [2.05, 4.69) is 20.5 Å². The predicted octanol–water partition coefficient (Wildman–Crippen LogP) is 2.55. The third-order valence-electron chi connectivity index (χ3n) is 6.52. The van der Waals surface area contributed by atoms with Crippen LogP contribution in [0.15, 0.2) is 65.8 Å². The molecule has 2 aromatic heterocycles. The van der Waals surface area contributed by atoms with E-state index in [-0.39, 0.29) is 29.7 Å². The third-order valence-corrected chi connectivity index (χ3v) is 8.05. The van der Waals surface area contributed by atoms with Crippen LogP contribution < -0.4 is 4.72 Å². The molecule has 1 aromatic carbocycles. The van der Waals surface area contributed by atoms with E-state index in [9.17, 15) is 23.3 Å². The predicted molar refractivity (Wildman–Crippen MR) is 137 cm³/mol. The Labute approximate surface area is 215 Å². The lowest BCUT2D eigenvalue weighted by molar-refractivity contribution is -0.135. The van der Waals surface area contributed by atoms with Crippen LogP contribution in [0.5, 0.6) is 0 Å². The van der Waals surface area contributed by atoms with Gasteiger partial charge in [0.05, 0.1) is 12.0 Å². The molecule has 10 nitrogen and oxygen atoms in total. The molecule has 2 atom stereocenters. The van der Waals surface area contributed by atoms with Crippen LogP contribution in [0.3, 0.4) is 0 Å². The summed E-state index contributed by atoms with van der Waals surface area (Å²) >= 11 is 0. The summed E-state index contributed by atoms with van der Waals surface area (Å²) in [5, 5.41) is 9.87. The van der Waals surface area contributed by atoms with Gasteiger partial charge in [0.25, 0.3) is 0 Å². The number of piperidine rings is 1. The fraction of sp³-hybridized carbons (Fsp3) is 0.346. The highest BCUT2D eigenvalue weighted by Crippen LogP contribution is 2.24. The second-order valence-corrected chi connectivity index (χ2v) is 10.6. The SMILES string of the molecule is COC(=O)C=CC1CCCN(C(=O)C(CCn2cccc2C#N)NS(=O)(=O)c2cccc3[nH]ccc23)C1. The molecule has 0 aliphatic carbocycles. The van der Waals surface area contributed by atoms with E-state index in [0.29, 0.717) is 29.7 Å². The average molecular weight is 524 g/mol. The van der Waals surface area contributed by atoms with Gasteiger partial charge in [-0.05, 0) is 55.5 Å². The summed E-state index contributed by atoms with van der Waals surface area (Å²) in [6.45, 7) is 1.13. The largest absolute Gasteiger partial charge is 0.466 e. The number of H-pyrrole nitrogens is 1. The van der Waals surface area contributed by atoms with Gasteiger partial charge in [0, 0.05) is 49.0 Å². The zero-order valence-electron chi connectivity index (χ0n) is 20.5. The number of amides is 1. The molecular formula is C26H29N5O5S. The standard InChI is InChI=1S/C26H29N5O5S/c1-36-25(32)10-9-19-5-3-15-31(18-19)26(33)23(12-16-30-14-4-6-20(30)17-27)29-37(34,35)24-8-2-7-22-21(24)11-13-28-22/h2,4,6-11,13-14,19,23,28-29H,3,5,12,15-16,18H2,1H3. The number of likely N-dealkylation sites (tertiary alicyclic amines) is 1. The van der Waals surface area contributed by atoms with Crippen LogP contribution in [0.25, 0.3) is 10.9 Å². The number of benzene rings is 1. The Morgan fingerprint density at radius 2 is 2.14 bits per heavy atom. The van der Waals surface area contributed by atoms with E-state index >= 15 is 0 Å². The molecule has 1 saturated heterocycles. The Balaban J connectivity index is 1.58. The Kier molecular flexibility index (Phi) is 8.11. The highest BCUT2D eigenvalue weighted by atomic mass is 32.2. The van der Waals surface area contributed by atoms with Gasteiger partial charge in [0.2, 0.25) is 15.9 Å². The lowest BCUT2D eigenvalue weighted by atomic mass is 9.96. The first-order chi connectivity index (χ1) is 17.8. The van der Waals surface area contributed by atoms with Crippen molar-refractivity contribution in [3.63, 3.8) is 0 Å². The Bertz CT molecular complexity index is 1450. The molecule has 1 fully saturated rings. The maximum Gasteiger partial charge on any atom is 0.330 e. The van der Waals surface area contributed by atoms with Gasteiger partial charge in [-0.15, -0.1) is 0 Å². The molecule has 2 unspecified atom stereocenters. The number of nitrogens with one attached hydrogen (secondary N) is 2. The van der Waals surface area contributed by atoms with Crippen molar-refractivity contribution in [2.75, 3.05) is 20.2 Å². The number of nitriles is 1. The molecule has 2 N–H and O–H groups in total.